The van der Waals surface area contributed by atoms with Crippen LogP contribution in [0.4, 0.5) is 10.1 Å². The highest BCUT2D eigenvalue weighted by Gasteiger charge is 2.22. The summed E-state index contributed by atoms with van der Waals surface area (Å²) in [5.74, 6) is -0.184. The second-order valence-corrected chi connectivity index (χ2v) is 3.14. The molecule has 1 aromatic rings. The summed E-state index contributed by atoms with van der Waals surface area (Å²) in [6.07, 6.45) is 0.724. The topological polar surface area (TPSA) is 21.3 Å². The Kier molecular flexibility index (Phi) is 2.19. The maximum absolute atomic E-state index is 13.4. The third kappa shape index (κ3) is 1.40. The zero-order valence-electron chi connectivity index (χ0n) is 7.51. The minimum absolute atomic E-state index is 0.0996. The number of hydrogen-bond acceptors (Lipinski definition) is 2. The fraction of sp³-hybridized carbons (Fsp3) is 0.400. The van der Waals surface area contributed by atoms with Crippen LogP contribution in [0.2, 0.25) is 0 Å². The van der Waals surface area contributed by atoms with E-state index in [9.17, 15) is 4.39 Å². The second-order valence-electron chi connectivity index (χ2n) is 3.14. The summed E-state index contributed by atoms with van der Waals surface area (Å²) >= 11 is 0. The number of anilines is 1. The molecule has 1 unspecified atom stereocenters. The molecule has 0 aromatic heterocycles. The van der Waals surface area contributed by atoms with Crippen LogP contribution in [0.25, 0.3) is 0 Å². The number of halogens is 1. The summed E-state index contributed by atoms with van der Waals surface area (Å²) in [5, 5.41) is 3.15. The molecule has 0 radical (unpaired) electrons. The summed E-state index contributed by atoms with van der Waals surface area (Å²) in [7, 11) is 1.62. The van der Waals surface area contributed by atoms with Crippen LogP contribution in [0.3, 0.4) is 0 Å². The van der Waals surface area contributed by atoms with Crippen molar-refractivity contribution >= 4 is 5.69 Å². The molecule has 0 saturated carbocycles. The molecule has 13 heavy (non-hydrogen) atoms. The van der Waals surface area contributed by atoms with E-state index in [1.807, 2.05) is 6.07 Å². The molecule has 2 rings (SSSR count). The molecule has 3 heteroatoms. The zero-order chi connectivity index (χ0) is 9.26. The molecule has 0 saturated heterocycles. The highest BCUT2D eigenvalue weighted by atomic mass is 19.1. The molecule has 1 aliphatic rings. The van der Waals surface area contributed by atoms with Gasteiger partial charge in [0.05, 0.1) is 6.10 Å². The van der Waals surface area contributed by atoms with Gasteiger partial charge in [0, 0.05) is 24.9 Å². The third-order valence-corrected chi connectivity index (χ3v) is 2.38. The number of rotatable bonds is 1. The molecule has 1 aromatic carbocycles. The number of ether oxygens (including phenoxy) is 1. The number of fused-ring (bicyclic) bond motifs is 1. The van der Waals surface area contributed by atoms with E-state index in [0.717, 1.165) is 18.7 Å². The van der Waals surface area contributed by atoms with E-state index in [4.69, 9.17) is 4.74 Å². The Morgan fingerprint density at radius 3 is 3.15 bits per heavy atom. The molecule has 0 bridgehead atoms. The summed E-state index contributed by atoms with van der Waals surface area (Å²) in [6.45, 7) is 0.842. The van der Waals surface area contributed by atoms with Gasteiger partial charge in [-0.15, -0.1) is 0 Å². The molecule has 0 amide bonds. The molecule has 0 spiro atoms. The highest BCUT2D eigenvalue weighted by molar-refractivity contribution is 5.54. The maximum Gasteiger partial charge on any atom is 0.131 e. The normalized spacial score (nSPS) is 20.6. The van der Waals surface area contributed by atoms with Crippen molar-refractivity contribution in [2.75, 3.05) is 19.0 Å². The van der Waals surface area contributed by atoms with E-state index in [0.29, 0.717) is 5.56 Å². The smallest absolute Gasteiger partial charge is 0.131 e. The lowest BCUT2D eigenvalue weighted by Gasteiger charge is -2.25. The van der Waals surface area contributed by atoms with Gasteiger partial charge in [0.25, 0.3) is 0 Å². The number of benzene rings is 1. The molecule has 0 fully saturated rings. The van der Waals surface area contributed by atoms with Gasteiger partial charge in [-0.1, -0.05) is 6.07 Å². The first kappa shape index (κ1) is 8.51. The largest absolute Gasteiger partial charge is 0.385 e. The number of hydrogen-bond donors (Lipinski definition) is 1. The average Bonchev–Trinajstić information content (AvgIpc) is 2.17. The molecule has 1 aliphatic heterocycles. The van der Waals surface area contributed by atoms with E-state index >= 15 is 0 Å². The van der Waals surface area contributed by atoms with Gasteiger partial charge in [0.1, 0.15) is 5.82 Å². The van der Waals surface area contributed by atoms with Crippen molar-refractivity contribution in [2.45, 2.75) is 12.5 Å². The Morgan fingerprint density at radius 2 is 2.38 bits per heavy atom. The van der Waals surface area contributed by atoms with E-state index in [1.165, 1.54) is 6.07 Å². The fourth-order valence-corrected chi connectivity index (χ4v) is 1.74. The Balaban J connectivity index is 2.47. The lowest BCUT2D eigenvalue weighted by molar-refractivity contribution is 0.0933. The lowest BCUT2D eigenvalue weighted by atomic mass is 10.00. The Hall–Kier alpha value is -1.09. The summed E-state index contributed by atoms with van der Waals surface area (Å²) in [6, 6.07) is 5.06. The SMILES string of the molecule is COC1CCNc2cccc(F)c21. The van der Waals surface area contributed by atoms with Crippen molar-refractivity contribution in [1.29, 1.82) is 0 Å². The van der Waals surface area contributed by atoms with Crippen LogP contribution in [0.1, 0.15) is 18.1 Å². The van der Waals surface area contributed by atoms with Crippen LogP contribution in [-0.4, -0.2) is 13.7 Å². The maximum atomic E-state index is 13.4. The monoisotopic (exact) mass is 181 g/mol. The van der Waals surface area contributed by atoms with Gasteiger partial charge in [-0.2, -0.15) is 0 Å². The Labute approximate surface area is 76.7 Å². The van der Waals surface area contributed by atoms with Crippen molar-refractivity contribution in [1.82, 2.24) is 0 Å². The van der Waals surface area contributed by atoms with Crippen LogP contribution in [-0.2, 0) is 4.74 Å². The number of methoxy groups -OCH3 is 1. The van der Waals surface area contributed by atoms with E-state index < -0.39 is 0 Å². The Bertz CT molecular complexity index is 314. The third-order valence-electron chi connectivity index (χ3n) is 2.38. The number of nitrogens with one attached hydrogen (secondary N) is 1. The van der Waals surface area contributed by atoms with Crippen molar-refractivity contribution in [3.05, 3.63) is 29.6 Å². The standard InChI is InChI=1S/C10H12FNO/c1-13-9-5-6-12-8-4-2-3-7(11)10(8)9/h2-4,9,12H,5-6H2,1H3. The van der Waals surface area contributed by atoms with Gasteiger partial charge in [-0.05, 0) is 18.6 Å². The van der Waals surface area contributed by atoms with Gasteiger partial charge in [-0.25, -0.2) is 4.39 Å². The quantitative estimate of drug-likeness (QED) is 0.718. The molecule has 70 valence electrons. The van der Waals surface area contributed by atoms with Crippen molar-refractivity contribution in [2.24, 2.45) is 0 Å². The van der Waals surface area contributed by atoms with E-state index in [1.54, 1.807) is 13.2 Å². The van der Waals surface area contributed by atoms with Gasteiger partial charge in [-0.3, -0.25) is 0 Å². The fourth-order valence-electron chi connectivity index (χ4n) is 1.74. The molecule has 1 atom stereocenters. The van der Waals surface area contributed by atoms with Crippen LogP contribution in [0, 0.1) is 5.82 Å². The summed E-state index contributed by atoms with van der Waals surface area (Å²) < 4.78 is 18.6. The van der Waals surface area contributed by atoms with E-state index in [-0.39, 0.29) is 11.9 Å². The summed E-state index contributed by atoms with van der Waals surface area (Å²) in [4.78, 5) is 0. The van der Waals surface area contributed by atoms with Crippen LogP contribution in [0.5, 0.6) is 0 Å². The van der Waals surface area contributed by atoms with Crippen LogP contribution >= 0.6 is 0 Å². The molecular weight excluding hydrogens is 169 g/mol. The molecule has 1 N–H and O–H groups in total. The highest BCUT2D eigenvalue weighted by Crippen LogP contribution is 2.33. The molecule has 0 aliphatic carbocycles. The minimum Gasteiger partial charge on any atom is -0.385 e. The molecule has 2 nitrogen and oxygen atoms in total. The van der Waals surface area contributed by atoms with E-state index in [2.05, 4.69) is 5.32 Å². The predicted molar refractivity (Wildman–Crippen MR) is 49.3 cm³/mol. The molecular formula is C10H12FNO. The Morgan fingerprint density at radius 1 is 1.54 bits per heavy atom. The van der Waals surface area contributed by atoms with Crippen molar-refractivity contribution < 1.29 is 9.13 Å². The zero-order valence-corrected chi connectivity index (χ0v) is 7.51. The first-order valence-electron chi connectivity index (χ1n) is 4.38. The van der Waals surface area contributed by atoms with Crippen molar-refractivity contribution in [3.8, 4) is 0 Å². The van der Waals surface area contributed by atoms with Gasteiger partial charge < -0.3 is 10.1 Å². The first-order chi connectivity index (χ1) is 6.33. The van der Waals surface area contributed by atoms with Crippen LogP contribution in [0.15, 0.2) is 18.2 Å². The van der Waals surface area contributed by atoms with Gasteiger partial charge in [0.15, 0.2) is 0 Å². The first-order valence-corrected chi connectivity index (χ1v) is 4.38. The second kappa shape index (κ2) is 3.34. The molecule has 1 heterocycles. The van der Waals surface area contributed by atoms with Gasteiger partial charge in [0.2, 0.25) is 0 Å². The summed E-state index contributed by atoms with van der Waals surface area (Å²) in [5.41, 5.74) is 1.52. The minimum atomic E-state index is -0.184. The van der Waals surface area contributed by atoms with Crippen LogP contribution < -0.4 is 5.32 Å². The lowest BCUT2D eigenvalue weighted by Crippen LogP contribution is -2.19. The predicted octanol–water partition coefficient (Wildman–Crippen LogP) is 2.33. The van der Waals surface area contributed by atoms with Gasteiger partial charge >= 0.3 is 0 Å². The average molecular weight is 181 g/mol. The van der Waals surface area contributed by atoms with Crippen molar-refractivity contribution in [3.63, 3.8) is 0 Å².